The molecule has 7 heteroatoms. The van der Waals surface area contributed by atoms with Crippen molar-refractivity contribution in [2.24, 2.45) is 16.1 Å². The van der Waals surface area contributed by atoms with E-state index in [0.717, 1.165) is 48.8 Å². The molecule has 5 rings (SSSR count). The molecule has 3 aliphatic rings. The Labute approximate surface area is 182 Å². The Bertz CT molecular complexity index is 1020. The van der Waals surface area contributed by atoms with E-state index in [-0.39, 0.29) is 23.4 Å². The van der Waals surface area contributed by atoms with E-state index in [4.69, 9.17) is 15.5 Å². The van der Waals surface area contributed by atoms with Gasteiger partial charge in [0.1, 0.15) is 5.54 Å². The first kappa shape index (κ1) is 19.6. The van der Waals surface area contributed by atoms with Gasteiger partial charge in [-0.2, -0.15) is 0 Å². The number of fused-ring (bicyclic) bond motifs is 3. The van der Waals surface area contributed by atoms with Crippen LogP contribution in [0.15, 0.2) is 47.7 Å². The number of benzene rings is 1. The number of thiol groups is 1. The third-order valence-corrected chi connectivity index (χ3v) is 7.77. The molecule has 0 saturated heterocycles. The monoisotopic (exact) mass is 422 g/mol. The molecule has 2 heterocycles. The van der Waals surface area contributed by atoms with Gasteiger partial charge < -0.3 is 10.5 Å². The lowest BCUT2D eigenvalue weighted by atomic mass is 9.60. The van der Waals surface area contributed by atoms with E-state index >= 15 is 0 Å². The molecular weight excluding hydrogens is 396 g/mol. The smallest absolute Gasteiger partial charge is 0.242 e. The van der Waals surface area contributed by atoms with Crippen molar-refractivity contribution in [2.45, 2.75) is 50.2 Å². The SMILES string of the molecule is COC1CCC2(CC1)Cc1ccc(-c3cccnc3)cc1C21CC(=O)N(S)C(N)=N1. The van der Waals surface area contributed by atoms with Crippen LogP contribution in [0, 0.1) is 5.41 Å². The number of ether oxygens (including phenoxy) is 1. The van der Waals surface area contributed by atoms with Crippen LogP contribution >= 0.6 is 12.8 Å². The van der Waals surface area contributed by atoms with E-state index in [1.54, 1.807) is 13.3 Å². The number of aromatic nitrogens is 1. The van der Waals surface area contributed by atoms with Crippen LogP contribution in [-0.2, 0) is 21.5 Å². The summed E-state index contributed by atoms with van der Waals surface area (Å²) in [5.41, 5.74) is 9.95. The normalized spacial score (nSPS) is 30.6. The molecule has 1 aromatic heterocycles. The summed E-state index contributed by atoms with van der Waals surface area (Å²) < 4.78 is 6.81. The highest BCUT2D eigenvalue weighted by atomic mass is 32.1. The predicted molar refractivity (Wildman–Crippen MR) is 119 cm³/mol. The highest BCUT2D eigenvalue weighted by Crippen LogP contribution is 2.62. The first-order chi connectivity index (χ1) is 14.5. The number of pyridine rings is 1. The predicted octanol–water partition coefficient (Wildman–Crippen LogP) is 3.47. The Morgan fingerprint density at radius 3 is 2.67 bits per heavy atom. The number of carbonyl (C=O) groups excluding carboxylic acids is 1. The van der Waals surface area contributed by atoms with Crippen molar-refractivity contribution in [1.29, 1.82) is 0 Å². The van der Waals surface area contributed by atoms with Gasteiger partial charge in [-0.05, 0) is 66.5 Å². The van der Waals surface area contributed by atoms with Gasteiger partial charge in [0, 0.05) is 24.9 Å². The Morgan fingerprint density at radius 2 is 2.00 bits per heavy atom. The number of aliphatic imine (C=N–C) groups is 1. The zero-order chi connectivity index (χ0) is 20.9. The summed E-state index contributed by atoms with van der Waals surface area (Å²) in [5.74, 6) is 0.0844. The van der Waals surface area contributed by atoms with Crippen LogP contribution in [0.1, 0.15) is 43.2 Å². The number of hydrogen-bond donors (Lipinski definition) is 2. The molecule has 6 nitrogen and oxygen atoms in total. The molecule has 2 aromatic rings. The van der Waals surface area contributed by atoms with E-state index in [1.165, 1.54) is 9.87 Å². The molecular formula is C23H26N4O2S. The minimum atomic E-state index is -0.653. The van der Waals surface area contributed by atoms with Gasteiger partial charge in [-0.3, -0.25) is 9.78 Å². The number of amides is 1. The lowest BCUT2D eigenvalue weighted by molar-refractivity contribution is -0.128. The van der Waals surface area contributed by atoms with Crippen molar-refractivity contribution >= 4 is 24.7 Å². The topological polar surface area (TPSA) is 80.8 Å². The molecule has 1 aliphatic heterocycles. The molecule has 1 amide bonds. The van der Waals surface area contributed by atoms with Gasteiger partial charge >= 0.3 is 0 Å². The van der Waals surface area contributed by atoms with E-state index < -0.39 is 5.54 Å². The van der Waals surface area contributed by atoms with Crippen LogP contribution in [0.5, 0.6) is 0 Å². The zero-order valence-electron chi connectivity index (χ0n) is 17.0. The average molecular weight is 423 g/mol. The van der Waals surface area contributed by atoms with E-state index in [0.29, 0.717) is 6.42 Å². The molecule has 2 N–H and O–H groups in total. The number of hydrogen-bond acceptors (Lipinski definition) is 6. The maximum atomic E-state index is 12.9. The number of methoxy groups -OCH3 is 1. The molecule has 1 fully saturated rings. The molecule has 0 bridgehead atoms. The fraction of sp³-hybridized carbons (Fsp3) is 0.435. The Hall–Kier alpha value is -2.38. The number of nitrogens with two attached hydrogens (primary N) is 1. The second-order valence-corrected chi connectivity index (χ2v) is 9.12. The van der Waals surface area contributed by atoms with Crippen LogP contribution in [0.4, 0.5) is 0 Å². The molecule has 30 heavy (non-hydrogen) atoms. The van der Waals surface area contributed by atoms with Crippen LogP contribution in [0.2, 0.25) is 0 Å². The molecule has 2 aliphatic carbocycles. The lowest BCUT2D eigenvalue weighted by Gasteiger charge is -2.49. The maximum Gasteiger partial charge on any atom is 0.242 e. The minimum Gasteiger partial charge on any atom is -0.381 e. The molecule has 1 atom stereocenters. The zero-order valence-corrected chi connectivity index (χ0v) is 17.9. The van der Waals surface area contributed by atoms with Crippen molar-refractivity contribution in [3.05, 3.63) is 53.9 Å². The van der Waals surface area contributed by atoms with Crippen molar-refractivity contribution < 1.29 is 9.53 Å². The second-order valence-electron chi connectivity index (χ2n) is 8.72. The number of nitrogens with zero attached hydrogens (tertiary/aromatic N) is 3. The Balaban J connectivity index is 1.67. The third kappa shape index (κ3) is 2.79. The lowest BCUT2D eigenvalue weighted by Crippen LogP contribution is -2.53. The number of rotatable bonds is 2. The van der Waals surface area contributed by atoms with Crippen LogP contribution < -0.4 is 5.73 Å². The van der Waals surface area contributed by atoms with Gasteiger partial charge in [-0.25, -0.2) is 9.30 Å². The molecule has 1 aromatic carbocycles. The van der Waals surface area contributed by atoms with Gasteiger partial charge in [0.15, 0.2) is 0 Å². The molecule has 0 radical (unpaired) electrons. The van der Waals surface area contributed by atoms with Gasteiger partial charge in [0.25, 0.3) is 0 Å². The first-order valence-corrected chi connectivity index (χ1v) is 10.8. The van der Waals surface area contributed by atoms with Gasteiger partial charge in [0.2, 0.25) is 11.9 Å². The molecule has 1 saturated carbocycles. The fourth-order valence-corrected chi connectivity index (χ4v) is 5.88. The summed E-state index contributed by atoms with van der Waals surface area (Å²) in [4.78, 5) is 22.2. The largest absolute Gasteiger partial charge is 0.381 e. The Kier molecular flexibility index (Phi) is 4.63. The second kappa shape index (κ2) is 7.10. The summed E-state index contributed by atoms with van der Waals surface area (Å²) in [6.07, 6.45) is 8.95. The fourth-order valence-electron chi connectivity index (χ4n) is 5.76. The summed E-state index contributed by atoms with van der Waals surface area (Å²) >= 11 is 4.26. The van der Waals surface area contributed by atoms with Crippen molar-refractivity contribution in [3.8, 4) is 11.1 Å². The summed E-state index contributed by atoms with van der Waals surface area (Å²) in [5, 5.41) is 0. The van der Waals surface area contributed by atoms with Gasteiger partial charge in [-0.15, -0.1) is 0 Å². The third-order valence-electron chi connectivity index (χ3n) is 7.35. The van der Waals surface area contributed by atoms with E-state index in [9.17, 15) is 4.79 Å². The van der Waals surface area contributed by atoms with Crippen LogP contribution in [-0.4, -0.2) is 34.4 Å². The summed E-state index contributed by atoms with van der Waals surface area (Å²) in [6.45, 7) is 0. The maximum absolute atomic E-state index is 12.9. The van der Waals surface area contributed by atoms with Gasteiger partial charge in [-0.1, -0.05) is 31.0 Å². The molecule has 2 spiro atoms. The molecule has 1 unspecified atom stereocenters. The Morgan fingerprint density at radius 1 is 1.20 bits per heavy atom. The highest BCUT2D eigenvalue weighted by molar-refractivity contribution is 7.79. The van der Waals surface area contributed by atoms with Crippen molar-refractivity contribution in [3.63, 3.8) is 0 Å². The van der Waals surface area contributed by atoms with Crippen LogP contribution in [0.3, 0.4) is 0 Å². The van der Waals surface area contributed by atoms with E-state index in [2.05, 4.69) is 42.1 Å². The van der Waals surface area contributed by atoms with Crippen LogP contribution in [0.25, 0.3) is 11.1 Å². The summed E-state index contributed by atoms with van der Waals surface area (Å²) in [7, 11) is 1.78. The highest BCUT2D eigenvalue weighted by Gasteiger charge is 2.61. The average Bonchev–Trinajstić information content (AvgIpc) is 3.01. The van der Waals surface area contributed by atoms with Crippen molar-refractivity contribution in [2.75, 3.05) is 7.11 Å². The van der Waals surface area contributed by atoms with E-state index in [1.807, 2.05) is 12.3 Å². The summed E-state index contributed by atoms with van der Waals surface area (Å²) in [6, 6.07) is 10.5. The number of carbonyl (C=O) groups is 1. The standard InChI is InChI=1S/C23H26N4O2S/c1-29-18-6-8-22(9-7-18)12-16-5-4-15(17-3-2-10-25-14-17)11-19(16)23(22)13-20(28)27(30)21(24)26-23/h2-5,10-11,14,18,30H,6-9,12-13H2,1H3,(H2,24,26). The number of guanidine groups is 1. The molecule has 156 valence electrons. The van der Waals surface area contributed by atoms with Crippen molar-refractivity contribution in [1.82, 2.24) is 9.29 Å². The quantitative estimate of drug-likeness (QED) is 0.726. The minimum absolute atomic E-state index is 0.0984. The van der Waals surface area contributed by atoms with Gasteiger partial charge in [0.05, 0.1) is 12.5 Å². The first-order valence-electron chi connectivity index (χ1n) is 10.4.